The molecule has 32 heteroatoms. The first-order valence-corrected chi connectivity index (χ1v) is 35.6. The number of aromatic nitrogens is 3. The number of carbonyl (C=O) groups excluding carboxylic acids is 10. The second-order valence-electron chi connectivity index (χ2n) is 25.8. The van der Waals surface area contributed by atoms with Crippen molar-refractivity contribution in [3.8, 4) is 5.75 Å². The lowest BCUT2D eigenvalue weighted by Crippen LogP contribution is -2.61. The minimum atomic E-state index is -1.41. The molecule has 7 rings (SSSR count). The molecule has 101 heavy (non-hydrogen) atoms. The van der Waals surface area contributed by atoms with Crippen molar-refractivity contribution in [2.75, 3.05) is 58.5 Å². The molecular weight excluding hydrogens is 1320 g/mol. The number of nitrogens with two attached hydrogens (primary N) is 2. The number of rotatable bonds is 31. The largest absolute Gasteiger partial charge is 0.508 e. The van der Waals surface area contributed by atoms with Gasteiger partial charge in [0.15, 0.2) is 5.96 Å². The topological polar surface area (TPSA) is 458 Å². The quantitative estimate of drug-likeness (QED) is 0.0135. The van der Waals surface area contributed by atoms with E-state index in [4.69, 9.17) is 31.1 Å². The number of hydrogen-bond donors (Lipinski definition) is 15. The number of carbonyl (C=O) groups is 10. The van der Waals surface area contributed by atoms with Crippen molar-refractivity contribution in [2.24, 2.45) is 17.4 Å². The van der Waals surface area contributed by atoms with Gasteiger partial charge in [-0.1, -0.05) is 98.3 Å². The molecule has 0 spiro atoms. The first kappa shape index (κ1) is 78.9. The summed E-state index contributed by atoms with van der Waals surface area (Å²) < 4.78 is 18.4. The Hall–Kier alpha value is -9.40. The van der Waals surface area contributed by atoms with Crippen LogP contribution in [0.25, 0.3) is 0 Å². The molecule has 4 heterocycles. The van der Waals surface area contributed by atoms with Gasteiger partial charge >= 0.3 is 6.03 Å². The molecule has 10 atom stereocenters. The van der Waals surface area contributed by atoms with Crippen molar-refractivity contribution >= 4 is 76.9 Å². The third-order valence-corrected chi connectivity index (χ3v) is 18.7. The summed E-state index contributed by atoms with van der Waals surface area (Å²) in [7, 11) is 0. The predicted molar refractivity (Wildman–Crippen MR) is 375 cm³/mol. The molecule has 3 aliphatic rings. The number of amides is 11. The van der Waals surface area contributed by atoms with Gasteiger partial charge in [-0.2, -0.15) is 11.8 Å². The zero-order chi connectivity index (χ0) is 72.5. The third kappa shape index (κ3) is 28.3. The lowest BCUT2D eigenvalue weighted by atomic mass is 9.99. The molecule has 0 radical (unpaired) electrons. The number of primary amides is 1. The van der Waals surface area contributed by atoms with Crippen LogP contribution >= 0.6 is 11.8 Å². The van der Waals surface area contributed by atoms with E-state index in [0.29, 0.717) is 42.2 Å². The smallest absolute Gasteiger partial charge is 0.315 e. The summed E-state index contributed by atoms with van der Waals surface area (Å²) in [6, 6.07) is 14.7. The maximum absolute atomic E-state index is 15.1. The molecule has 0 aliphatic carbocycles. The van der Waals surface area contributed by atoms with E-state index in [1.165, 1.54) is 16.8 Å². The van der Waals surface area contributed by atoms with Crippen LogP contribution in [0.5, 0.6) is 5.75 Å². The van der Waals surface area contributed by atoms with E-state index in [9.17, 15) is 48.3 Å². The first-order chi connectivity index (χ1) is 48.7. The summed E-state index contributed by atoms with van der Waals surface area (Å²) in [6.45, 7) is 4.63. The van der Waals surface area contributed by atoms with Crippen LogP contribution in [0.1, 0.15) is 107 Å². The van der Waals surface area contributed by atoms with E-state index in [0.717, 1.165) is 30.6 Å². The lowest BCUT2D eigenvalue weighted by molar-refractivity contribution is -0.136. The number of fused-ring (bicyclic) bond motifs is 3. The van der Waals surface area contributed by atoms with E-state index in [1.54, 1.807) is 48.7 Å². The van der Waals surface area contributed by atoms with Crippen LogP contribution < -0.4 is 70.0 Å². The van der Waals surface area contributed by atoms with Gasteiger partial charge in [0, 0.05) is 62.5 Å². The number of aromatic hydroxyl groups is 1. The van der Waals surface area contributed by atoms with Gasteiger partial charge in [-0.25, -0.2) is 4.79 Å². The molecule has 1 aromatic heterocycles. The number of hydrogen-bond acceptors (Lipinski definition) is 18. The number of guanidine groups is 1. The second-order valence-corrected chi connectivity index (χ2v) is 27.0. The average Bonchev–Trinajstić information content (AvgIpc) is 1.69. The highest BCUT2D eigenvalue weighted by molar-refractivity contribution is 8.00. The summed E-state index contributed by atoms with van der Waals surface area (Å²) in [5, 5.41) is 57.8. The summed E-state index contributed by atoms with van der Waals surface area (Å²) in [5.41, 5.74) is 13.7. The Morgan fingerprint density at radius 1 is 0.634 bits per heavy atom. The van der Waals surface area contributed by atoms with Crippen LogP contribution in [-0.4, -0.2) is 203 Å². The Morgan fingerprint density at radius 3 is 1.89 bits per heavy atom. The van der Waals surface area contributed by atoms with E-state index in [1.807, 2.05) is 55.9 Å². The number of unbranched alkanes of at least 4 members (excludes halogenated alkanes) is 1. The molecule has 3 aromatic carbocycles. The fourth-order valence-corrected chi connectivity index (χ4v) is 13.4. The molecule has 17 N–H and O–H groups in total. The zero-order valence-corrected chi connectivity index (χ0v) is 58.2. The molecule has 4 aromatic rings. The summed E-state index contributed by atoms with van der Waals surface area (Å²) >= 11 is 1.85. The number of phenols is 1. The van der Waals surface area contributed by atoms with Crippen molar-refractivity contribution in [2.45, 2.75) is 176 Å². The normalized spacial score (nSPS) is 22.7. The molecule has 550 valence electrons. The Bertz CT molecular complexity index is 3350. The van der Waals surface area contributed by atoms with Gasteiger partial charge in [-0.05, 0) is 98.9 Å². The highest BCUT2D eigenvalue weighted by atomic mass is 32.2. The fourth-order valence-electron chi connectivity index (χ4n) is 11.8. The zero-order valence-electron chi connectivity index (χ0n) is 57.3. The van der Waals surface area contributed by atoms with E-state index >= 15 is 4.79 Å². The molecule has 31 nitrogen and oxygen atoms in total. The maximum Gasteiger partial charge on any atom is 0.315 e. The van der Waals surface area contributed by atoms with Crippen LogP contribution in [-0.2, 0) is 89.6 Å². The highest BCUT2D eigenvalue weighted by Gasteiger charge is 2.43. The van der Waals surface area contributed by atoms with Crippen molar-refractivity contribution < 1.29 is 67.3 Å². The summed E-state index contributed by atoms with van der Waals surface area (Å²) in [6.07, 6.45) is 5.28. The number of nitrogens with one attached hydrogen (secondary N) is 12. The van der Waals surface area contributed by atoms with Crippen molar-refractivity contribution in [3.63, 3.8) is 0 Å². The number of ether oxygens (including phenoxy) is 3. The van der Waals surface area contributed by atoms with Gasteiger partial charge in [-0.15, -0.1) is 5.10 Å². The van der Waals surface area contributed by atoms with E-state index in [-0.39, 0.29) is 151 Å². The van der Waals surface area contributed by atoms with Crippen molar-refractivity contribution in [1.82, 2.24) is 73.5 Å². The van der Waals surface area contributed by atoms with Gasteiger partial charge in [0.2, 0.25) is 53.2 Å². The maximum atomic E-state index is 15.1. The molecule has 0 saturated carbocycles. The van der Waals surface area contributed by atoms with E-state index < -0.39 is 96.2 Å². The van der Waals surface area contributed by atoms with Gasteiger partial charge < -0.3 is 89.3 Å². The Kier molecular flexibility index (Phi) is 32.8. The standard InChI is InChI=1S/C69H99N17O14S/c1-43(2)36-52-64(93)76-49(61(70)90)18-11-12-30-86-40-47(84-85-86)39-55(75-59(89)41-100-35-34-99-33-32-98-31-29-73-58(88)21-10-9-20-57-60-56(42-101-57)82-69(97)83-60)67(96)77-50(19-13-28-74-68(71)72)62(91)78-51(27-24-44-14-5-3-6-15-44)63(92)80-53(37-45-16-7-4-8-17-45)66(95)81-54(65(94)79-52)38-46-22-25-48(87)26-23-46/h3-8,14-17,22-23,25-26,40,43,49-57,60,87H,9-13,18-21,24,27-39,41-42H2,1-2H3,(H2,70,90)(H,73,88)(H,75,89)(H,76,93)(H,77,96)(H,78,91)(H,79,94)(H,80,92)(H,81,95)(H4,71,72,74)(H2,82,83,97)/t49-,50+,51+,52+,53+,54+,55-,56-,57?,60-/m0/s1. The van der Waals surface area contributed by atoms with Crippen LogP contribution in [0.4, 0.5) is 4.79 Å². The Labute approximate surface area is 592 Å². The monoisotopic (exact) mass is 1420 g/mol. The van der Waals surface area contributed by atoms with Gasteiger partial charge in [0.1, 0.15) is 54.6 Å². The minimum absolute atomic E-state index is 0.0161. The molecule has 3 aliphatic heterocycles. The predicted octanol–water partition coefficient (Wildman–Crippen LogP) is -0.0916. The van der Waals surface area contributed by atoms with E-state index in [2.05, 4.69) is 68.8 Å². The second kappa shape index (κ2) is 42.0. The third-order valence-electron chi connectivity index (χ3n) is 17.1. The number of benzene rings is 3. The minimum Gasteiger partial charge on any atom is -0.508 e. The van der Waals surface area contributed by atoms with Gasteiger partial charge in [0.25, 0.3) is 0 Å². The first-order valence-electron chi connectivity index (χ1n) is 34.6. The highest BCUT2D eigenvalue weighted by Crippen LogP contribution is 2.33. The van der Waals surface area contributed by atoms with Crippen LogP contribution in [0.3, 0.4) is 0 Å². The Morgan fingerprint density at radius 2 is 1.23 bits per heavy atom. The van der Waals surface area contributed by atoms with Crippen LogP contribution in [0.2, 0.25) is 0 Å². The number of thioether (sulfide) groups is 1. The molecule has 2 saturated heterocycles. The van der Waals surface area contributed by atoms with Crippen LogP contribution in [0.15, 0.2) is 91.1 Å². The number of aryl methyl sites for hydroxylation is 2. The summed E-state index contributed by atoms with van der Waals surface area (Å²) in [5.74, 6) is -5.99. The Balaban J connectivity index is 1.06. The van der Waals surface area contributed by atoms with Gasteiger partial charge in [0.05, 0.1) is 50.8 Å². The number of urea groups is 1. The van der Waals surface area contributed by atoms with Gasteiger partial charge in [-0.3, -0.25) is 53.2 Å². The number of nitrogens with zero attached hydrogens (tertiary/aromatic N) is 3. The fraction of sp³-hybridized carbons (Fsp3) is 0.551. The molecule has 1 unspecified atom stereocenters. The lowest BCUT2D eigenvalue weighted by Gasteiger charge is -2.28. The summed E-state index contributed by atoms with van der Waals surface area (Å²) in [4.78, 5) is 139. The molecule has 2 bridgehead atoms. The number of phenolic OH excluding ortho intramolecular Hbond substituents is 1. The average molecular weight is 1420 g/mol. The molecular formula is C69H99N17O14S. The van der Waals surface area contributed by atoms with Crippen molar-refractivity contribution in [1.29, 1.82) is 5.41 Å². The molecule has 11 amide bonds. The SMILES string of the molecule is CC(C)C[C@H]1NC(=O)[C@@H](Cc2ccc(O)cc2)NC(=O)[C@@H](Cc2ccccc2)NC(=O)[C@@H](CCc2ccccc2)NC(=O)[C@@H](CCCNC(=N)N)NC(=O)[C@@H](NC(=O)COCCOCCOCCNC(=O)CCCCC2SC[C@@H]3NC(=O)N[C@H]23)Cc2cn(nn2)CCCC[C@@H](C(N)=O)NC1=O. The molecule has 2 fully saturated rings. The van der Waals surface area contributed by atoms with Crippen LogP contribution in [0, 0.1) is 11.3 Å². The van der Waals surface area contributed by atoms with Crippen molar-refractivity contribution in [3.05, 3.63) is 114 Å².